The molecule has 0 heterocycles. The molecular formula is C29H28O2. The molecule has 1 N–H and O–H groups in total. The first kappa shape index (κ1) is 21.0. The topological polar surface area (TPSA) is 29.5 Å². The Morgan fingerprint density at radius 2 is 0.806 bits per heavy atom. The van der Waals surface area contributed by atoms with Crippen LogP contribution in [0.3, 0.4) is 0 Å². The second-order valence-electron chi connectivity index (χ2n) is 8.02. The molecule has 0 aromatic heterocycles. The van der Waals surface area contributed by atoms with Gasteiger partial charge in [-0.2, -0.15) is 0 Å². The quantitative estimate of drug-likeness (QED) is 0.389. The lowest BCUT2D eigenvalue weighted by Crippen LogP contribution is -2.54. The SMILES string of the molecule is CC(C)OC(c1ccccc1)(c1ccccc1)C(O)(c1ccccc1)c1ccccc1. The largest absolute Gasteiger partial charge is 0.377 e. The average Bonchev–Trinajstić information content (AvgIpc) is 2.84. The Balaban J connectivity index is 2.16. The minimum Gasteiger partial charge on any atom is -0.377 e. The number of benzene rings is 4. The van der Waals surface area contributed by atoms with Gasteiger partial charge in [-0.15, -0.1) is 0 Å². The zero-order valence-corrected chi connectivity index (χ0v) is 18.0. The van der Waals surface area contributed by atoms with E-state index < -0.39 is 11.2 Å². The Kier molecular flexibility index (Phi) is 6.03. The fraction of sp³-hybridized carbons (Fsp3) is 0.172. The van der Waals surface area contributed by atoms with Crippen LogP contribution in [0.15, 0.2) is 121 Å². The van der Waals surface area contributed by atoms with Crippen LogP contribution >= 0.6 is 0 Å². The summed E-state index contributed by atoms with van der Waals surface area (Å²) in [6, 6.07) is 39.7. The summed E-state index contributed by atoms with van der Waals surface area (Å²) in [5.41, 5.74) is 0.675. The summed E-state index contributed by atoms with van der Waals surface area (Å²) in [7, 11) is 0. The van der Waals surface area contributed by atoms with Gasteiger partial charge in [-0.25, -0.2) is 0 Å². The van der Waals surface area contributed by atoms with Crippen molar-refractivity contribution < 1.29 is 9.84 Å². The van der Waals surface area contributed by atoms with Crippen LogP contribution in [0, 0.1) is 0 Å². The highest BCUT2D eigenvalue weighted by atomic mass is 16.5. The van der Waals surface area contributed by atoms with Crippen molar-refractivity contribution in [1.82, 2.24) is 0 Å². The van der Waals surface area contributed by atoms with Gasteiger partial charge in [0, 0.05) is 0 Å². The fourth-order valence-corrected chi connectivity index (χ4v) is 4.44. The number of rotatable bonds is 7. The fourth-order valence-electron chi connectivity index (χ4n) is 4.44. The van der Waals surface area contributed by atoms with Crippen molar-refractivity contribution in [3.8, 4) is 0 Å². The van der Waals surface area contributed by atoms with Crippen molar-refractivity contribution in [2.45, 2.75) is 31.2 Å². The van der Waals surface area contributed by atoms with E-state index in [1.54, 1.807) is 0 Å². The summed E-state index contributed by atoms with van der Waals surface area (Å²) in [4.78, 5) is 0. The molecule has 0 bridgehead atoms. The lowest BCUT2D eigenvalue weighted by Gasteiger charge is -2.49. The molecule has 0 fully saturated rings. The van der Waals surface area contributed by atoms with E-state index in [0.717, 1.165) is 22.3 Å². The zero-order valence-electron chi connectivity index (χ0n) is 18.0. The van der Waals surface area contributed by atoms with Crippen LogP contribution in [0.1, 0.15) is 36.1 Å². The van der Waals surface area contributed by atoms with Gasteiger partial charge in [0.25, 0.3) is 0 Å². The molecule has 2 nitrogen and oxygen atoms in total. The molecular weight excluding hydrogens is 380 g/mol. The van der Waals surface area contributed by atoms with Crippen LogP contribution < -0.4 is 0 Å². The molecule has 156 valence electrons. The summed E-state index contributed by atoms with van der Waals surface area (Å²) >= 11 is 0. The van der Waals surface area contributed by atoms with Gasteiger partial charge >= 0.3 is 0 Å². The van der Waals surface area contributed by atoms with Crippen LogP contribution in [0.25, 0.3) is 0 Å². The Morgan fingerprint density at radius 3 is 1.10 bits per heavy atom. The van der Waals surface area contributed by atoms with Crippen LogP contribution in [-0.2, 0) is 15.9 Å². The molecule has 0 unspecified atom stereocenters. The summed E-state index contributed by atoms with van der Waals surface area (Å²) in [6.07, 6.45) is -0.139. The molecule has 0 atom stereocenters. The Bertz CT molecular complexity index is 996. The van der Waals surface area contributed by atoms with E-state index in [-0.39, 0.29) is 6.10 Å². The van der Waals surface area contributed by atoms with Gasteiger partial charge in [-0.05, 0) is 36.1 Å². The molecule has 0 saturated heterocycles. The van der Waals surface area contributed by atoms with Crippen molar-refractivity contribution in [3.63, 3.8) is 0 Å². The molecule has 0 aliphatic carbocycles. The van der Waals surface area contributed by atoms with Crippen LogP contribution in [-0.4, -0.2) is 11.2 Å². The third-order valence-electron chi connectivity index (χ3n) is 5.67. The van der Waals surface area contributed by atoms with Gasteiger partial charge in [0.2, 0.25) is 0 Å². The van der Waals surface area contributed by atoms with Crippen molar-refractivity contribution in [1.29, 1.82) is 0 Å². The predicted molar refractivity (Wildman–Crippen MR) is 126 cm³/mol. The molecule has 0 aliphatic heterocycles. The first-order valence-corrected chi connectivity index (χ1v) is 10.7. The third kappa shape index (κ3) is 3.69. The van der Waals surface area contributed by atoms with E-state index in [2.05, 4.69) is 0 Å². The van der Waals surface area contributed by atoms with E-state index in [0.29, 0.717) is 0 Å². The second kappa shape index (κ2) is 8.89. The van der Waals surface area contributed by atoms with Gasteiger partial charge < -0.3 is 9.84 Å². The van der Waals surface area contributed by atoms with E-state index >= 15 is 0 Å². The molecule has 4 aromatic rings. The maximum absolute atomic E-state index is 12.9. The zero-order chi connectivity index (χ0) is 21.7. The van der Waals surface area contributed by atoms with Gasteiger partial charge in [-0.1, -0.05) is 121 Å². The summed E-state index contributed by atoms with van der Waals surface area (Å²) in [5, 5.41) is 12.9. The molecule has 4 aromatic carbocycles. The summed E-state index contributed by atoms with van der Waals surface area (Å²) in [6.45, 7) is 4.02. The molecule has 2 heteroatoms. The van der Waals surface area contributed by atoms with Gasteiger partial charge in [0.05, 0.1) is 6.10 Å². The molecule has 4 rings (SSSR count). The Morgan fingerprint density at radius 1 is 0.516 bits per heavy atom. The molecule has 0 aliphatic rings. The van der Waals surface area contributed by atoms with Crippen molar-refractivity contribution in [2.75, 3.05) is 0 Å². The molecule has 0 amide bonds. The molecule has 0 radical (unpaired) electrons. The molecule has 0 spiro atoms. The van der Waals surface area contributed by atoms with Crippen molar-refractivity contribution >= 4 is 0 Å². The summed E-state index contributed by atoms with van der Waals surface area (Å²) in [5.74, 6) is 0. The first-order chi connectivity index (χ1) is 15.1. The number of ether oxygens (including phenoxy) is 1. The minimum absolute atomic E-state index is 0.139. The van der Waals surface area contributed by atoms with Crippen LogP contribution in [0.4, 0.5) is 0 Å². The highest BCUT2D eigenvalue weighted by Crippen LogP contribution is 2.52. The standard InChI is InChI=1S/C29H28O2/c1-23(2)31-29(26-19-11-5-12-20-26,27-21-13-6-14-22-27)28(30,24-15-7-3-8-16-24)25-17-9-4-10-18-25/h3-23,30H,1-2H3. The predicted octanol–water partition coefficient (Wildman–Crippen LogP) is 6.29. The second-order valence-corrected chi connectivity index (χ2v) is 8.02. The lowest BCUT2D eigenvalue weighted by atomic mass is 9.66. The number of hydrogen-bond acceptors (Lipinski definition) is 2. The lowest BCUT2D eigenvalue weighted by molar-refractivity contribution is -0.172. The average molecular weight is 409 g/mol. The highest BCUT2D eigenvalue weighted by Gasteiger charge is 2.56. The van der Waals surface area contributed by atoms with Crippen LogP contribution in [0.5, 0.6) is 0 Å². The maximum Gasteiger partial charge on any atom is 0.155 e. The van der Waals surface area contributed by atoms with Crippen LogP contribution in [0.2, 0.25) is 0 Å². The third-order valence-corrected chi connectivity index (χ3v) is 5.67. The van der Waals surface area contributed by atoms with E-state index in [1.165, 1.54) is 0 Å². The Hall–Kier alpha value is -3.20. The monoisotopic (exact) mass is 408 g/mol. The normalized spacial score (nSPS) is 12.1. The maximum atomic E-state index is 12.9. The van der Waals surface area contributed by atoms with E-state index in [4.69, 9.17) is 4.74 Å². The first-order valence-electron chi connectivity index (χ1n) is 10.7. The smallest absolute Gasteiger partial charge is 0.155 e. The number of aliphatic hydroxyl groups is 1. The van der Waals surface area contributed by atoms with Crippen molar-refractivity contribution in [3.05, 3.63) is 144 Å². The van der Waals surface area contributed by atoms with Crippen molar-refractivity contribution in [2.24, 2.45) is 0 Å². The number of hydrogen-bond donors (Lipinski definition) is 1. The van der Waals surface area contributed by atoms with E-state index in [9.17, 15) is 5.11 Å². The van der Waals surface area contributed by atoms with Gasteiger partial charge in [0.1, 0.15) is 0 Å². The Labute approximate surface area is 184 Å². The summed E-state index contributed by atoms with van der Waals surface area (Å²) < 4.78 is 6.83. The minimum atomic E-state index is -1.48. The molecule has 31 heavy (non-hydrogen) atoms. The van der Waals surface area contributed by atoms with Gasteiger partial charge in [-0.3, -0.25) is 0 Å². The highest BCUT2D eigenvalue weighted by molar-refractivity contribution is 5.50. The van der Waals surface area contributed by atoms with E-state index in [1.807, 2.05) is 135 Å². The van der Waals surface area contributed by atoms with Gasteiger partial charge in [0.15, 0.2) is 11.2 Å². The molecule has 0 saturated carbocycles.